The van der Waals surface area contributed by atoms with Crippen LogP contribution in [0.5, 0.6) is 0 Å². The third kappa shape index (κ3) is 6.05. The van der Waals surface area contributed by atoms with E-state index >= 15 is 0 Å². The van der Waals surface area contributed by atoms with E-state index in [1.54, 1.807) is 17.4 Å². The van der Waals surface area contributed by atoms with Crippen molar-refractivity contribution in [2.45, 2.75) is 57.9 Å². The quantitative estimate of drug-likeness (QED) is 0.226. The Morgan fingerprint density at radius 3 is 2.60 bits per heavy atom. The van der Waals surface area contributed by atoms with E-state index in [9.17, 15) is 14.7 Å². The Labute approximate surface area is 250 Å². The zero-order chi connectivity index (χ0) is 29.1. The number of hydrogen-bond acceptors (Lipinski definition) is 5. The second-order valence-corrected chi connectivity index (χ2v) is 12.4. The van der Waals surface area contributed by atoms with Gasteiger partial charge in [0.25, 0.3) is 0 Å². The molecule has 2 fully saturated rings. The van der Waals surface area contributed by atoms with Crippen molar-refractivity contribution in [1.82, 2.24) is 14.5 Å². The van der Waals surface area contributed by atoms with Gasteiger partial charge in [-0.2, -0.15) is 0 Å². The zero-order valence-electron chi connectivity index (χ0n) is 24.1. The molecule has 1 aromatic carbocycles. The number of nitrogens with zero attached hydrogens (tertiary/aromatic N) is 3. The van der Waals surface area contributed by atoms with E-state index in [0.717, 1.165) is 52.8 Å². The molecule has 0 spiro atoms. The maximum atomic E-state index is 13.5. The molecule has 1 N–H and O–H groups in total. The van der Waals surface area contributed by atoms with E-state index in [1.807, 2.05) is 9.47 Å². The van der Waals surface area contributed by atoms with Crippen molar-refractivity contribution in [3.05, 3.63) is 70.7 Å². The molecule has 8 heteroatoms. The highest BCUT2D eigenvalue weighted by molar-refractivity contribution is 7.15. The van der Waals surface area contributed by atoms with Crippen LogP contribution >= 0.6 is 11.3 Å². The Kier molecular flexibility index (Phi) is 8.53. The lowest BCUT2D eigenvalue weighted by Gasteiger charge is -2.28. The molecule has 42 heavy (non-hydrogen) atoms. The summed E-state index contributed by atoms with van der Waals surface area (Å²) in [6, 6.07) is 17.0. The lowest BCUT2D eigenvalue weighted by molar-refractivity contribution is -0.136. The van der Waals surface area contributed by atoms with Gasteiger partial charge in [-0.1, -0.05) is 38.3 Å². The Balaban J connectivity index is 1.45. The van der Waals surface area contributed by atoms with E-state index in [-0.39, 0.29) is 12.5 Å². The van der Waals surface area contributed by atoms with Crippen molar-refractivity contribution in [1.29, 1.82) is 0 Å². The van der Waals surface area contributed by atoms with Crippen LogP contribution in [-0.4, -0.2) is 57.7 Å². The van der Waals surface area contributed by atoms with Crippen LogP contribution in [0.4, 0.5) is 0 Å². The van der Waals surface area contributed by atoms with Crippen LogP contribution in [-0.2, 0) is 27.3 Å². The molecule has 4 aromatic rings. The molecule has 0 unspecified atom stereocenters. The fourth-order valence-corrected chi connectivity index (χ4v) is 7.18. The fraction of sp³-hybridized carbons (Fsp3) is 0.382. The predicted octanol–water partition coefficient (Wildman–Crippen LogP) is 7.00. The SMILES string of the molecule is CCc1ccc(-c2ccc3cc(-c4c(C5CCCCC5)cc(C=CC(=O)O)n4CC(=O)N4CCOCC4)ccc3n2)s1. The van der Waals surface area contributed by atoms with E-state index in [1.165, 1.54) is 40.7 Å². The highest BCUT2D eigenvalue weighted by Gasteiger charge is 2.27. The summed E-state index contributed by atoms with van der Waals surface area (Å²) in [6.07, 6.45) is 9.59. The van der Waals surface area contributed by atoms with Crippen LogP contribution in [0.2, 0.25) is 0 Å². The largest absolute Gasteiger partial charge is 0.478 e. The smallest absolute Gasteiger partial charge is 0.328 e. The Morgan fingerprint density at radius 2 is 1.86 bits per heavy atom. The summed E-state index contributed by atoms with van der Waals surface area (Å²) < 4.78 is 7.50. The molecular formula is C34H37N3O4S. The third-order valence-electron chi connectivity index (χ3n) is 8.48. The number of aromatic nitrogens is 2. The van der Waals surface area contributed by atoms with Crippen molar-refractivity contribution in [3.8, 4) is 21.8 Å². The average molecular weight is 584 g/mol. The number of morpholine rings is 1. The summed E-state index contributed by atoms with van der Waals surface area (Å²) in [6.45, 7) is 4.52. The molecule has 3 aromatic heterocycles. The van der Waals surface area contributed by atoms with Crippen molar-refractivity contribution in [2.75, 3.05) is 26.3 Å². The van der Waals surface area contributed by atoms with Crippen LogP contribution in [0, 0.1) is 0 Å². The molecule has 1 amide bonds. The summed E-state index contributed by atoms with van der Waals surface area (Å²) in [5.74, 6) is -0.620. The van der Waals surface area contributed by atoms with Gasteiger partial charge in [-0.3, -0.25) is 4.79 Å². The molecule has 218 valence electrons. The number of carbonyl (C=O) groups is 2. The van der Waals surface area contributed by atoms with Gasteiger partial charge in [0.1, 0.15) is 6.54 Å². The molecule has 1 aliphatic heterocycles. The number of amides is 1. The van der Waals surface area contributed by atoms with Gasteiger partial charge in [0.2, 0.25) is 5.91 Å². The first-order valence-corrected chi connectivity index (χ1v) is 15.8. The Hall–Kier alpha value is -3.75. The van der Waals surface area contributed by atoms with Crippen LogP contribution in [0.15, 0.2) is 54.6 Å². The summed E-state index contributed by atoms with van der Waals surface area (Å²) >= 11 is 1.78. The van der Waals surface area contributed by atoms with Crippen molar-refractivity contribution in [2.24, 2.45) is 0 Å². The van der Waals surface area contributed by atoms with E-state index in [2.05, 4.69) is 55.5 Å². The van der Waals surface area contributed by atoms with Crippen LogP contribution in [0.1, 0.15) is 61.1 Å². The zero-order valence-corrected chi connectivity index (χ0v) is 24.9. The van der Waals surface area contributed by atoms with Crippen LogP contribution in [0.3, 0.4) is 0 Å². The molecule has 1 saturated heterocycles. The second kappa shape index (κ2) is 12.6. The Morgan fingerprint density at radius 1 is 1.05 bits per heavy atom. The number of pyridine rings is 1. The monoisotopic (exact) mass is 583 g/mol. The number of aliphatic carboxylic acids is 1. The van der Waals surface area contributed by atoms with Gasteiger partial charge < -0.3 is 19.3 Å². The molecule has 6 rings (SSSR count). The number of fused-ring (bicyclic) bond motifs is 1. The van der Waals surface area contributed by atoms with E-state index in [4.69, 9.17) is 9.72 Å². The standard InChI is InChI=1S/C34H37N3O4S/c1-2-27-11-14-31(42-27)30-13-8-24-20-25(9-12-29(24)35-30)34-28(23-6-4-3-5-7-23)21-26(10-15-33(39)40)37(34)22-32(38)36-16-18-41-19-17-36/h8-15,20-21,23H,2-7,16-19,22H2,1H3,(H,39,40). The van der Waals surface area contributed by atoms with E-state index < -0.39 is 5.97 Å². The van der Waals surface area contributed by atoms with Crippen molar-refractivity contribution in [3.63, 3.8) is 0 Å². The highest BCUT2D eigenvalue weighted by Crippen LogP contribution is 2.41. The molecule has 1 saturated carbocycles. The Bertz CT molecular complexity index is 1620. The molecule has 2 aliphatic rings. The first-order valence-electron chi connectivity index (χ1n) is 15.0. The highest BCUT2D eigenvalue weighted by atomic mass is 32.1. The van der Waals surface area contributed by atoms with Crippen LogP contribution < -0.4 is 0 Å². The van der Waals surface area contributed by atoms with Gasteiger partial charge in [-0.15, -0.1) is 11.3 Å². The molecule has 4 heterocycles. The van der Waals surface area contributed by atoms with E-state index in [0.29, 0.717) is 32.2 Å². The average Bonchev–Trinajstić information content (AvgIpc) is 3.65. The number of ether oxygens (including phenoxy) is 1. The van der Waals surface area contributed by atoms with Gasteiger partial charge in [-0.25, -0.2) is 9.78 Å². The molecule has 7 nitrogen and oxygen atoms in total. The number of carboxylic acids is 1. The summed E-state index contributed by atoms with van der Waals surface area (Å²) in [4.78, 5) is 34.4. The lowest BCUT2D eigenvalue weighted by Crippen LogP contribution is -2.42. The minimum Gasteiger partial charge on any atom is -0.478 e. The molecule has 0 radical (unpaired) electrons. The van der Waals surface area contributed by atoms with Gasteiger partial charge in [-0.05, 0) is 78.8 Å². The third-order valence-corrected chi connectivity index (χ3v) is 9.73. The maximum Gasteiger partial charge on any atom is 0.328 e. The van der Waals surface area contributed by atoms with Crippen molar-refractivity contribution >= 4 is 40.2 Å². The lowest BCUT2D eigenvalue weighted by atomic mass is 9.83. The first kappa shape index (κ1) is 28.4. The number of thiophene rings is 1. The first-order chi connectivity index (χ1) is 20.5. The van der Waals surface area contributed by atoms with Crippen LogP contribution in [0.25, 0.3) is 38.8 Å². The molecule has 0 atom stereocenters. The topological polar surface area (TPSA) is 84.7 Å². The number of carbonyl (C=O) groups excluding carboxylic acids is 1. The fourth-order valence-electron chi connectivity index (χ4n) is 6.27. The van der Waals surface area contributed by atoms with Gasteiger partial charge in [0.05, 0.1) is 35.0 Å². The summed E-state index contributed by atoms with van der Waals surface area (Å²) in [7, 11) is 0. The number of benzene rings is 1. The summed E-state index contributed by atoms with van der Waals surface area (Å²) in [5, 5.41) is 10.5. The number of aryl methyl sites for hydroxylation is 1. The molecule has 1 aliphatic carbocycles. The number of hydrogen-bond donors (Lipinski definition) is 1. The van der Waals surface area contributed by atoms with Crippen molar-refractivity contribution < 1.29 is 19.4 Å². The molecular weight excluding hydrogens is 546 g/mol. The van der Waals surface area contributed by atoms with Gasteiger partial charge in [0, 0.05) is 35.1 Å². The normalized spacial score (nSPS) is 16.5. The maximum absolute atomic E-state index is 13.5. The number of carboxylic acid groups (broad SMARTS) is 1. The minimum absolute atomic E-state index is 0.0183. The molecule has 0 bridgehead atoms. The van der Waals surface area contributed by atoms with Gasteiger partial charge in [0.15, 0.2) is 0 Å². The minimum atomic E-state index is -1.01. The van der Waals surface area contributed by atoms with Gasteiger partial charge >= 0.3 is 5.97 Å². The predicted molar refractivity (Wildman–Crippen MR) is 168 cm³/mol. The second-order valence-electron chi connectivity index (χ2n) is 11.2. The summed E-state index contributed by atoms with van der Waals surface area (Å²) in [5.41, 5.74) is 5.87. The number of rotatable bonds is 8.